The fourth-order valence-corrected chi connectivity index (χ4v) is 4.16. The second kappa shape index (κ2) is 10.4. The first-order valence-corrected chi connectivity index (χ1v) is 11.6. The third kappa shape index (κ3) is 6.46. The second-order valence-electron chi connectivity index (χ2n) is 8.74. The van der Waals surface area contributed by atoms with E-state index in [4.69, 9.17) is 4.42 Å². The topological polar surface area (TPSA) is 109 Å². The van der Waals surface area contributed by atoms with Gasteiger partial charge in [0.2, 0.25) is 11.7 Å². The van der Waals surface area contributed by atoms with Crippen molar-refractivity contribution in [2.45, 2.75) is 44.3 Å². The number of carbonyl (C=O) groups excluding carboxylic acids is 2. The van der Waals surface area contributed by atoms with E-state index in [0.717, 1.165) is 13.0 Å². The maximum atomic E-state index is 12.8. The van der Waals surface area contributed by atoms with Crippen molar-refractivity contribution in [3.63, 3.8) is 0 Å². The first kappa shape index (κ1) is 24.1. The monoisotopic (exact) mass is 462 g/mol. The van der Waals surface area contributed by atoms with Crippen LogP contribution in [0.5, 0.6) is 0 Å². The van der Waals surface area contributed by atoms with Crippen molar-refractivity contribution in [1.29, 1.82) is 0 Å². The van der Waals surface area contributed by atoms with Crippen molar-refractivity contribution in [2.24, 2.45) is 0 Å². The van der Waals surface area contributed by atoms with Crippen LogP contribution in [0.25, 0.3) is 0 Å². The molecule has 0 spiro atoms. The Labute approximate surface area is 191 Å². The van der Waals surface area contributed by atoms with Crippen LogP contribution in [-0.4, -0.2) is 70.7 Å². The zero-order valence-corrected chi connectivity index (χ0v) is 19.8. The van der Waals surface area contributed by atoms with Gasteiger partial charge in [0.15, 0.2) is 5.16 Å². The summed E-state index contributed by atoms with van der Waals surface area (Å²) in [6.45, 7) is 9.37. The molecule has 9 nitrogen and oxygen atoms in total. The summed E-state index contributed by atoms with van der Waals surface area (Å²) in [4.78, 5) is 47.5. The van der Waals surface area contributed by atoms with Gasteiger partial charge in [-0.3, -0.25) is 14.5 Å². The van der Waals surface area contributed by atoms with Gasteiger partial charge in [0, 0.05) is 37.7 Å². The van der Waals surface area contributed by atoms with Crippen molar-refractivity contribution in [2.75, 3.05) is 39.0 Å². The number of nitrogens with one attached hydrogen (secondary N) is 1. The summed E-state index contributed by atoms with van der Waals surface area (Å²) in [5.41, 5.74) is 0.251. The third-order valence-corrected chi connectivity index (χ3v) is 6.05. The molecule has 0 unspecified atom stereocenters. The highest BCUT2D eigenvalue weighted by Crippen LogP contribution is 2.21. The molecule has 1 N–H and O–H groups in total. The highest BCUT2D eigenvalue weighted by Gasteiger charge is 2.22. The Hall–Kier alpha value is -2.59. The van der Waals surface area contributed by atoms with Gasteiger partial charge in [-0.05, 0) is 18.6 Å². The van der Waals surface area contributed by atoms with E-state index in [1.54, 1.807) is 12.1 Å². The fourth-order valence-electron chi connectivity index (χ4n) is 3.38. The van der Waals surface area contributed by atoms with Crippen molar-refractivity contribution in [3.8, 4) is 0 Å². The number of hydrogen-bond donors (Lipinski definition) is 1. The number of esters is 1. The van der Waals surface area contributed by atoms with E-state index >= 15 is 0 Å². The zero-order chi connectivity index (χ0) is 23.3. The number of amides is 1. The summed E-state index contributed by atoms with van der Waals surface area (Å²) in [7, 11) is 1.32. The minimum atomic E-state index is -0.495. The number of aromatic nitrogens is 2. The molecule has 3 rings (SSSR count). The van der Waals surface area contributed by atoms with Crippen LogP contribution in [0, 0.1) is 0 Å². The molecule has 1 amide bonds. The van der Waals surface area contributed by atoms with Crippen molar-refractivity contribution in [3.05, 3.63) is 45.8 Å². The number of rotatable bonds is 6. The molecule has 0 bridgehead atoms. The van der Waals surface area contributed by atoms with Gasteiger partial charge in [-0.1, -0.05) is 32.5 Å². The molecule has 0 aromatic carbocycles. The highest BCUT2D eigenvalue weighted by atomic mass is 32.2. The molecule has 1 aliphatic heterocycles. The second-order valence-corrected chi connectivity index (χ2v) is 9.71. The number of furan rings is 1. The first-order valence-electron chi connectivity index (χ1n) is 10.6. The number of H-pyrrole nitrogens is 1. The van der Waals surface area contributed by atoms with Crippen LogP contribution in [-0.2, 0) is 21.5 Å². The summed E-state index contributed by atoms with van der Waals surface area (Å²) in [5, 5.41) is 0.464. The molecule has 1 fully saturated rings. The summed E-state index contributed by atoms with van der Waals surface area (Å²) >= 11 is 1.25. The lowest BCUT2D eigenvalue weighted by Gasteiger charge is -2.21. The lowest BCUT2D eigenvalue weighted by molar-refractivity contribution is -0.128. The maximum Gasteiger partial charge on any atom is 0.373 e. The molecule has 2 aromatic rings. The van der Waals surface area contributed by atoms with Crippen molar-refractivity contribution >= 4 is 23.6 Å². The van der Waals surface area contributed by atoms with E-state index in [-0.39, 0.29) is 28.4 Å². The van der Waals surface area contributed by atoms with Gasteiger partial charge in [0.05, 0.1) is 25.1 Å². The smallest absolute Gasteiger partial charge is 0.373 e. The Morgan fingerprint density at radius 1 is 1.22 bits per heavy atom. The predicted molar refractivity (Wildman–Crippen MR) is 121 cm³/mol. The summed E-state index contributed by atoms with van der Waals surface area (Å²) < 4.78 is 10.2. The van der Waals surface area contributed by atoms with Crippen LogP contribution in [0.4, 0.5) is 0 Å². The molecule has 10 heteroatoms. The minimum absolute atomic E-state index is 0.0200. The van der Waals surface area contributed by atoms with Crippen molar-refractivity contribution in [1.82, 2.24) is 19.8 Å². The number of carbonyl (C=O) groups is 2. The summed E-state index contributed by atoms with van der Waals surface area (Å²) in [6, 6.07) is 4.89. The quantitative estimate of drug-likeness (QED) is 0.396. The van der Waals surface area contributed by atoms with Gasteiger partial charge >= 0.3 is 5.97 Å². The molecule has 0 saturated carbocycles. The van der Waals surface area contributed by atoms with Gasteiger partial charge in [-0.15, -0.1) is 0 Å². The van der Waals surface area contributed by atoms with Gasteiger partial charge in [0.1, 0.15) is 5.76 Å². The Morgan fingerprint density at radius 3 is 2.72 bits per heavy atom. The molecular formula is C22H30N4O5S. The molecule has 0 aliphatic carbocycles. The van der Waals surface area contributed by atoms with Gasteiger partial charge < -0.3 is 19.0 Å². The fraction of sp³-hybridized carbons (Fsp3) is 0.545. The molecule has 1 saturated heterocycles. The lowest BCUT2D eigenvalue weighted by atomic mass is 9.92. The van der Waals surface area contributed by atoms with Crippen LogP contribution < -0.4 is 5.56 Å². The summed E-state index contributed by atoms with van der Waals surface area (Å²) in [5.74, 6) is 0.622. The van der Waals surface area contributed by atoms with Crippen LogP contribution in [0.3, 0.4) is 0 Å². The average molecular weight is 463 g/mol. The lowest BCUT2D eigenvalue weighted by Crippen LogP contribution is -2.36. The number of ether oxygens (including phenoxy) is 1. The molecule has 3 heterocycles. The van der Waals surface area contributed by atoms with E-state index in [1.165, 1.54) is 24.9 Å². The van der Waals surface area contributed by atoms with Crippen LogP contribution in [0.15, 0.2) is 32.6 Å². The normalized spacial score (nSPS) is 15.4. The van der Waals surface area contributed by atoms with E-state index in [1.807, 2.05) is 25.7 Å². The van der Waals surface area contributed by atoms with E-state index < -0.39 is 5.97 Å². The average Bonchev–Trinajstić information content (AvgIpc) is 3.08. The third-order valence-electron chi connectivity index (χ3n) is 5.19. The predicted octanol–water partition coefficient (Wildman–Crippen LogP) is 2.27. The Morgan fingerprint density at radius 2 is 2.00 bits per heavy atom. The first-order chi connectivity index (χ1) is 15.2. The Kier molecular flexibility index (Phi) is 7.78. The van der Waals surface area contributed by atoms with E-state index in [0.29, 0.717) is 42.8 Å². The number of methoxy groups -OCH3 is 1. The molecule has 2 aromatic heterocycles. The van der Waals surface area contributed by atoms with Crippen LogP contribution >= 0.6 is 11.8 Å². The highest BCUT2D eigenvalue weighted by molar-refractivity contribution is 7.99. The van der Waals surface area contributed by atoms with Gasteiger partial charge in [-0.2, -0.15) is 0 Å². The SMILES string of the molecule is COC(=O)c1ccc(CN2CCCN(C(=O)CSc3nc(C(C)(C)C)cc(=O)[nH]3)CC2)o1. The van der Waals surface area contributed by atoms with Gasteiger partial charge in [-0.25, -0.2) is 9.78 Å². The number of thioether (sulfide) groups is 1. The zero-order valence-electron chi connectivity index (χ0n) is 19.0. The van der Waals surface area contributed by atoms with Crippen LogP contribution in [0.2, 0.25) is 0 Å². The number of aromatic amines is 1. The molecule has 32 heavy (non-hydrogen) atoms. The maximum absolute atomic E-state index is 12.8. The largest absolute Gasteiger partial charge is 0.463 e. The van der Waals surface area contributed by atoms with Gasteiger partial charge in [0.25, 0.3) is 5.56 Å². The van der Waals surface area contributed by atoms with Crippen molar-refractivity contribution < 1.29 is 18.7 Å². The van der Waals surface area contributed by atoms with E-state index in [9.17, 15) is 14.4 Å². The minimum Gasteiger partial charge on any atom is -0.463 e. The number of nitrogens with zero attached hydrogens (tertiary/aromatic N) is 3. The molecule has 0 radical (unpaired) electrons. The van der Waals surface area contributed by atoms with E-state index in [2.05, 4.69) is 19.6 Å². The molecule has 1 aliphatic rings. The Balaban J connectivity index is 1.52. The molecule has 174 valence electrons. The number of hydrogen-bond acceptors (Lipinski definition) is 8. The standard InChI is InChI=1S/C22H30N4O5S/c1-22(2,3)17-12-18(27)24-21(23-17)32-14-19(28)26-9-5-8-25(10-11-26)13-15-6-7-16(31-15)20(29)30-4/h6-7,12H,5,8-11,13-14H2,1-4H3,(H,23,24,27). The molecular weight excluding hydrogens is 432 g/mol. The van der Waals surface area contributed by atoms with Crippen LogP contribution in [0.1, 0.15) is 49.2 Å². The summed E-state index contributed by atoms with van der Waals surface area (Å²) in [6.07, 6.45) is 0.843. The molecule has 0 atom stereocenters. The Bertz CT molecular complexity index is 1010.